The van der Waals surface area contributed by atoms with Gasteiger partial charge in [-0.2, -0.15) is 0 Å². The van der Waals surface area contributed by atoms with E-state index < -0.39 is 12.2 Å². The Balaban J connectivity index is 2.33. The molecule has 1 saturated heterocycles. The quantitative estimate of drug-likeness (QED) is 0.313. The van der Waals surface area contributed by atoms with Gasteiger partial charge in [-0.25, -0.2) is 0 Å². The molecule has 1 rings (SSSR count). The normalized spacial score (nSPS) is 42.0. The van der Waals surface area contributed by atoms with Gasteiger partial charge in [0.15, 0.2) is 0 Å². The van der Waals surface area contributed by atoms with Crippen molar-refractivity contribution in [1.82, 2.24) is 0 Å². The number of nitrogens with two attached hydrogens (primary N) is 1. The Morgan fingerprint density at radius 1 is 1.14 bits per heavy atom. The lowest BCUT2D eigenvalue weighted by molar-refractivity contribution is -0.640. The molecular weight excluding hydrogens is 94.0 g/mol. The maximum Gasteiger partial charge on any atom is 0.134 e. The molecule has 3 heteroatoms. The zero-order valence-electron chi connectivity index (χ0n) is 4.04. The molecule has 42 valence electrons. The number of aliphatic hydroxyl groups excluding tert-OH is 2. The van der Waals surface area contributed by atoms with Gasteiger partial charge in [0, 0.05) is 0 Å². The molecule has 3 nitrogen and oxygen atoms in total. The predicted molar refractivity (Wildman–Crippen MR) is 23.7 cm³/mol. The summed E-state index contributed by atoms with van der Waals surface area (Å²) in [6.07, 6.45) is -0.972. The Kier molecular flexibility index (Phi) is 1.27. The van der Waals surface area contributed by atoms with Crippen LogP contribution in [0.15, 0.2) is 0 Å². The first-order valence-electron chi connectivity index (χ1n) is 2.48. The minimum Gasteiger partial charge on any atom is -0.384 e. The van der Waals surface area contributed by atoms with E-state index in [1.807, 2.05) is 5.32 Å². The highest BCUT2D eigenvalue weighted by atomic mass is 16.3. The summed E-state index contributed by atoms with van der Waals surface area (Å²) in [7, 11) is 0. The van der Waals surface area contributed by atoms with Gasteiger partial charge in [0.2, 0.25) is 0 Å². The zero-order valence-corrected chi connectivity index (χ0v) is 4.04. The summed E-state index contributed by atoms with van der Waals surface area (Å²) in [5.74, 6) is 0. The minimum atomic E-state index is -0.486. The fourth-order valence-electron chi connectivity index (χ4n) is 0.752. The molecule has 0 bridgehead atoms. The topological polar surface area (TPSA) is 57.1 Å². The molecule has 1 heterocycles. The molecule has 1 aliphatic heterocycles. The van der Waals surface area contributed by atoms with Crippen LogP contribution in [-0.4, -0.2) is 35.5 Å². The molecule has 0 radical (unpaired) electrons. The van der Waals surface area contributed by atoms with Gasteiger partial charge in [-0.3, -0.25) is 0 Å². The summed E-state index contributed by atoms with van der Waals surface area (Å²) >= 11 is 0. The second kappa shape index (κ2) is 1.78. The van der Waals surface area contributed by atoms with Gasteiger partial charge in [0.1, 0.15) is 25.3 Å². The second-order valence-corrected chi connectivity index (χ2v) is 1.89. The van der Waals surface area contributed by atoms with Crippen LogP contribution in [0.25, 0.3) is 0 Å². The average Bonchev–Trinajstić information content (AvgIpc) is 1.91. The number of hydrogen-bond donors (Lipinski definition) is 3. The third-order valence-corrected chi connectivity index (χ3v) is 1.26. The molecule has 7 heavy (non-hydrogen) atoms. The van der Waals surface area contributed by atoms with Gasteiger partial charge < -0.3 is 15.5 Å². The fourth-order valence-corrected chi connectivity index (χ4v) is 0.752. The van der Waals surface area contributed by atoms with Crippen LogP contribution in [0.5, 0.6) is 0 Å². The molecule has 1 aliphatic rings. The third kappa shape index (κ3) is 0.907. The fraction of sp³-hybridized carbons (Fsp3) is 1.00. The second-order valence-electron chi connectivity index (χ2n) is 1.89. The maximum absolute atomic E-state index is 8.72. The van der Waals surface area contributed by atoms with Gasteiger partial charge in [0.25, 0.3) is 0 Å². The zero-order chi connectivity index (χ0) is 5.28. The summed E-state index contributed by atoms with van der Waals surface area (Å²) in [4.78, 5) is 0. The van der Waals surface area contributed by atoms with E-state index in [4.69, 9.17) is 10.2 Å². The third-order valence-electron chi connectivity index (χ3n) is 1.26. The number of quaternary nitrogens is 1. The molecule has 1 fully saturated rings. The van der Waals surface area contributed by atoms with Gasteiger partial charge >= 0.3 is 0 Å². The van der Waals surface area contributed by atoms with E-state index in [1.54, 1.807) is 0 Å². The van der Waals surface area contributed by atoms with E-state index in [9.17, 15) is 0 Å². The molecule has 0 saturated carbocycles. The van der Waals surface area contributed by atoms with Crippen molar-refractivity contribution in [3.8, 4) is 0 Å². The van der Waals surface area contributed by atoms with Crippen LogP contribution < -0.4 is 5.32 Å². The number of rotatable bonds is 0. The summed E-state index contributed by atoms with van der Waals surface area (Å²) in [5.41, 5.74) is 0. The van der Waals surface area contributed by atoms with Crippen molar-refractivity contribution in [2.24, 2.45) is 0 Å². The van der Waals surface area contributed by atoms with E-state index >= 15 is 0 Å². The first kappa shape index (κ1) is 5.03. The van der Waals surface area contributed by atoms with E-state index in [1.165, 1.54) is 0 Å². The SMILES string of the molecule is O[C@H]1C[NH2+]C[C@@H]1O. The van der Waals surface area contributed by atoms with Gasteiger partial charge in [-0.1, -0.05) is 0 Å². The van der Waals surface area contributed by atoms with Crippen molar-refractivity contribution in [2.75, 3.05) is 13.1 Å². The molecule has 2 atom stereocenters. The predicted octanol–water partition coefficient (Wildman–Crippen LogP) is -2.71. The van der Waals surface area contributed by atoms with Crippen molar-refractivity contribution < 1.29 is 15.5 Å². The molecule has 0 aromatic carbocycles. The largest absolute Gasteiger partial charge is 0.384 e. The van der Waals surface area contributed by atoms with Gasteiger partial charge in [-0.05, 0) is 0 Å². The summed E-state index contributed by atoms with van der Waals surface area (Å²) in [6.45, 7) is 1.31. The number of hydrogen-bond acceptors (Lipinski definition) is 2. The van der Waals surface area contributed by atoms with E-state index in [2.05, 4.69) is 0 Å². The molecule has 0 amide bonds. The van der Waals surface area contributed by atoms with Crippen LogP contribution in [-0.2, 0) is 0 Å². The van der Waals surface area contributed by atoms with Crippen molar-refractivity contribution in [1.29, 1.82) is 0 Å². The van der Waals surface area contributed by atoms with Crippen LogP contribution in [0.4, 0.5) is 0 Å². The van der Waals surface area contributed by atoms with Crippen LogP contribution in [0.2, 0.25) is 0 Å². The minimum absolute atomic E-state index is 0.486. The van der Waals surface area contributed by atoms with E-state index in [0.717, 1.165) is 0 Å². The van der Waals surface area contributed by atoms with Crippen LogP contribution in [0.1, 0.15) is 0 Å². The number of aliphatic hydroxyl groups is 2. The Hall–Kier alpha value is -0.120. The Morgan fingerprint density at radius 2 is 1.57 bits per heavy atom. The van der Waals surface area contributed by atoms with E-state index in [-0.39, 0.29) is 0 Å². The summed E-state index contributed by atoms with van der Waals surface area (Å²) in [6, 6.07) is 0. The monoisotopic (exact) mass is 104 g/mol. The van der Waals surface area contributed by atoms with Crippen LogP contribution >= 0.6 is 0 Å². The Bertz CT molecular complexity index is 58.7. The van der Waals surface area contributed by atoms with Crippen LogP contribution in [0, 0.1) is 0 Å². The lowest BCUT2D eigenvalue weighted by atomic mass is 10.3. The first-order chi connectivity index (χ1) is 3.30. The standard InChI is InChI=1S/C4H9NO2/c6-3-1-5-2-4(3)7/h3-7H,1-2H2/p+1/t3-,4-/m0/s1. The van der Waals surface area contributed by atoms with Crippen molar-refractivity contribution in [2.45, 2.75) is 12.2 Å². The summed E-state index contributed by atoms with van der Waals surface area (Å²) < 4.78 is 0. The molecule has 4 N–H and O–H groups in total. The highest BCUT2D eigenvalue weighted by molar-refractivity contribution is 4.67. The van der Waals surface area contributed by atoms with Crippen molar-refractivity contribution >= 4 is 0 Å². The molecule has 0 aliphatic carbocycles. The lowest BCUT2D eigenvalue weighted by Crippen LogP contribution is -2.82. The highest BCUT2D eigenvalue weighted by Crippen LogP contribution is 1.89. The Morgan fingerprint density at radius 3 is 1.71 bits per heavy atom. The van der Waals surface area contributed by atoms with Crippen molar-refractivity contribution in [3.05, 3.63) is 0 Å². The summed E-state index contributed by atoms with van der Waals surface area (Å²) in [5, 5.41) is 19.3. The lowest BCUT2D eigenvalue weighted by Gasteiger charge is -1.97. The van der Waals surface area contributed by atoms with Gasteiger partial charge in [0.05, 0.1) is 0 Å². The first-order valence-corrected chi connectivity index (χ1v) is 2.48. The van der Waals surface area contributed by atoms with Crippen LogP contribution in [0.3, 0.4) is 0 Å². The smallest absolute Gasteiger partial charge is 0.134 e. The van der Waals surface area contributed by atoms with Crippen molar-refractivity contribution in [3.63, 3.8) is 0 Å². The average molecular weight is 104 g/mol. The Labute approximate surface area is 42.0 Å². The molecule has 0 unspecified atom stereocenters. The molecule has 0 aromatic heterocycles. The maximum atomic E-state index is 8.72. The highest BCUT2D eigenvalue weighted by Gasteiger charge is 2.25. The molecule has 0 aromatic rings. The van der Waals surface area contributed by atoms with Gasteiger partial charge in [-0.15, -0.1) is 0 Å². The molecule has 0 spiro atoms. The van der Waals surface area contributed by atoms with E-state index in [0.29, 0.717) is 13.1 Å². The molecular formula is C4H10NO2+.